The van der Waals surface area contributed by atoms with Crippen LogP contribution < -0.4 is 4.72 Å². The summed E-state index contributed by atoms with van der Waals surface area (Å²) in [4.78, 5) is 25.4. The third kappa shape index (κ3) is 6.23. The lowest BCUT2D eigenvalue weighted by molar-refractivity contribution is 0.0241. The number of carbonyl (C=O) groups excluding carboxylic acids is 2. The lowest BCUT2D eigenvalue weighted by atomic mass is 10.1. The number of benzene rings is 2. The van der Waals surface area contributed by atoms with Gasteiger partial charge in [-0.1, -0.05) is 18.2 Å². The van der Waals surface area contributed by atoms with Crippen molar-refractivity contribution in [2.45, 2.75) is 45.9 Å². The monoisotopic (exact) mass is 460 g/mol. The molecule has 1 N–H and O–H groups in total. The van der Waals surface area contributed by atoms with Gasteiger partial charge in [0.2, 0.25) is 10.0 Å². The molecule has 1 amide bonds. The van der Waals surface area contributed by atoms with Gasteiger partial charge in [-0.3, -0.25) is 9.62 Å². The Bertz CT molecular complexity index is 1100. The molecule has 0 radical (unpaired) electrons. The number of sulfonamides is 1. The molecule has 0 aliphatic carbocycles. The molecule has 32 heavy (non-hydrogen) atoms. The van der Waals surface area contributed by atoms with Gasteiger partial charge >= 0.3 is 12.1 Å². The smallest absolute Gasteiger partial charge is 0.410 e. The van der Waals surface area contributed by atoms with Crippen molar-refractivity contribution in [3.8, 4) is 0 Å². The van der Waals surface area contributed by atoms with Crippen molar-refractivity contribution >= 4 is 27.8 Å². The number of ether oxygens (including phenoxy) is 2. The number of nitrogens with zero attached hydrogens (tertiary/aromatic N) is 1. The molecule has 0 fully saturated rings. The van der Waals surface area contributed by atoms with E-state index >= 15 is 0 Å². The lowest BCUT2D eigenvalue weighted by Gasteiger charge is -2.24. The van der Waals surface area contributed by atoms with Crippen LogP contribution in [0.2, 0.25) is 0 Å². The molecule has 0 bridgehead atoms. The normalized spacial score (nSPS) is 13.4. The molecule has 0 unspecified atom stereocenters. The van der Waals surface area contributed by atoms with Gasteiger partial charge in [0.15, 0.2) is 0 Å². The van der Waals surface area contributed by atoms with E-state index in [9.17, 15) is 18.0 Å². The van der Waals surface area contributed by atoms with Gasteiger partial charge in [-0.05, 0) is 68.1 Å². The summed E-state index contributed by atoms with van der Waals surface area (Å²) in [5, 5.41) is 0. The number of aryl methyl sites for hydroxylation is 1. The zero-order valence-corrected chi connectivity index (χ0v) is 19.5. The average molecular weight is 461 g/mol. The van der Waals surface area contributed by atoms with Crippen LogP contribution in [0.15, 0.2) is 42.5 Å². The Hall–Kier alpha value is -3.07. The van der Waals surface area contributed by atoms with Gasteiger partial charge in [0, 0.05) is 18.8 Å². The van der Waals surface area contributed by atoms with Crippen LogP contribution in [0.25, 0.3) is 0 Å². The highest BCUT2D eigenvalue weighted by Gasteiger charge is 2.28. The van der Waals surface area contributed by atoms with E-state index in [4.69, 9.17) is 4.74 Å². The van der Waals surface area contributed by atoms with Gasteiger partial charge < -0.3 is 9.47 Å². The van der Waals surface area contributed by atoms with Crippen molar-refractivity contribution in [1.82, 2.24) is 4.90 Å². The summed E-state index contributed by atoms with van der Waals surface area (Å²) in [6.07, 6.45) is -0.0946. The number of rotatable bonds is 6. The predicted molar refractivity (Wildman–Crippen MR) is 121 cm³/mol. The molecule has 0 saturated heterocycles. The number of hydrogen-bond acceptors (Lipinski definition) is 6. The van der Waals surface area contributed by atoms with Crippen LogP contribution in [-0.2, 0) is 39.0 Å². The fourth-order valence-electron chi connectivity index (χ4n) is 3.32. The predicted octanol–water partition coefficient (Wildman–Crippen LogP) is 3.71. The molecule has 2 aromatic rings. The van der Waals surface area contributed by atoms with Crippen LogP contribution in [0, 0.1) is 0 Å². The maximum atomic E-state index is 12.6. The second-order valence-corrected chi connectivity index (χ2v) is 10.5. The highest BCUT2D eigenvalue weighted by molar-refractivity contribution is 7.92. The van der Waals surface area contributed by atoms with E-state index in [0.29, 0.717) is 30.8 Å². The average Bonchev–Trinajstić information content (AvgIpc) is 3.14. The van der Waals surface area contributed by atoms with E-state index < -0.39 is 27.7 Å². The number of esters is 1. The van der Waals surface area contributed by atoms with E-state index in [1.165, 1.54) is 7.11 Å². The highest BCUT2D eigenvalue weighted by Crippen LogP contribution is 2.27. The van der Waals surface area contributed by atoms with Crippen molar-refractivity contribution in [1.29, 1.82) is 0 Å². The number of methoxy groups -OCH3 is 1. The van der Waals surface area contributed by atoms with E-state index in [1.54, 1.807) is 41.3 Å². The minimum absolute atomic E-state index is 0.105. The molecule has 0 aromatic heterocycles. The molecule has 1 aliphatic heterocycles. The standard InChI is InChI=1S/C23H28N2O6S/c1-23(2,3)31-22(27)25-14-18-9-10-20(13-19(18)15-25)24-32(28,29)12-11-16-5-7-17(8-6-16)21(26)30-4/h5-10,13,24H,11-12,14-15H2,1-4H3. The Labute approximate surface area is 188 Å². The van der Waals surface area contributed by atoms with Crippen LogP contribution in [0.1, 0.15) is 47.8 Å². The quantitative estimate of drug-likeness (QED) is 0.660. The van der Waals surface area contributed by atoms with Crippen LogP contribution in [0.5, 0.6) is 0 Å². The first-order valence-corrected chi connectivity index (χ1v) is 11.9. The molecule has 0 spiro atoms. The second kappa shape index (κ2) is 9.20. The fourth-order valence-corrected chi connectivity index (χ4v) is 4.41. The first-order valence-electron chi connectivity index (χ1n) is 10.2. The van der Waals surface area contributed by atoms with Crippen molar-refractivity contribution in [2.75, 3.05) is 17.6 Å². The van der Waals surface area contributed by atoms with E-state index in [1.807, 2.05) is 26.8 Å². The maximum Gasteiger partial charge on any atom is 0.410 e. The Balaban J connectivity index is 1.59. The molecule has 0 atom stereocenters. The summed E-state index contributed by atoms with van der Waals surface area (Å²) < 4.78 is 37.8. The Morgan fingerprint density at radius 1 is 1.03 bits per heavy atom. The maximum absolute atomic E-state index is 12.6. The Kier molecular flexibility index (Phi) is 6.78. The SMILES string of the molecule is COC(=O)c1ccc(CCS(=O)(=O)Nc2ccc3c(c2)CN(C(=O)OC(C)(C)C)C3)cc1. The third-order valence-corrected chi connectivity index (χ3v) is 6.18. The zero-order valence-electron chi connectivity index (χ0n) is 18.7. The van der Waals surface area contributed by atoms with Crippen LogP contribution in [-0.4, -0.2) is 43.8 Å². The topological polar surface area (TPSA) is 102 Å². The Morgan fingerprint density at radius 3 is 2.31 bits per heavy atom. The number of fused-ring (bicyclic) bond motifs is 1. The van der Waals surface area contributed by atoms with Crippen LogP contribution >= 0.6 is 0 Å². The van der Waals surface area contributed by atoms with E-state index in [2.05, 4.69) is 9.46 Å². The second-order valence-electron chi connectivity index (χ2n) is 8.68. The number of hydrogen-bond donors (Lipinski definition) is 1. The third-order valence-electron chi connectivity index (χ3n) is 4.89. The fraction of sp³-hybridized carbons (Fsp3) is 0.391. The minimum atomic E-state index is -3.58. The van der Waals surface area contributed by atoms with E-state index in [0.717, 1.165) is 16.7 Å². The van der Waals surface area contributed by atoms with Crippen LogP contribution in [0.4, 0.5) is 10.5 Å². The van der Waals surface area contributed by atoms with Gasteiger partial charge in [-0.2, -0.15) is 0 Å². The molecule has 172 valence electrons. The van der Waals surface area contributed by atoms with Crippen molar-refractivity contribution in [2.24, 2.45) is 0 Å². The molecule has 1 aliphatic rings. The number of nitrogens with one attached hydrogen (secondary N) is 1. The molecular formula is C23H28N2O6S. The lowest BCUT2D eigenvalue weighted by Crippen LogP contribution is -2.33. The molecule has 8 nitrogen and oxygen atoms in total. The first kappa shape index (κ1) is 23.6. The van der Waals surface area contributed by atoms with Crippen molar-refractivity contribution in [3.63, 3.8) is 0 Å². The summed E-state index contributed by atoms with van der Waals surface area (Å²) in [5.74, 6) is -0.543. The number of carbonyl (C=O) groups is 2. The molecule has 3 rings (SSSR count). The first-order chi connectivity index (χ1) is 15.0. The molecule has 9 heteroatoms. The van der Waals surface area contributed by atoms with E-state index in [-0.39, 0.29) is 5.75 Å². The number of amides is 1. The van der Waals surface area contributed by atoms with Gasteiger partial charge in [0.25, 0.3) is 0 Å². The van der Waals surface area contributed by atoms with Gasteiger partial charge in [0.05, 0.1) is 18.4 Å². The van der Waals surface area contributed by atoms with Crippen LogP contribution in [0.3, 0.4) is 0 Å². The number of anilines is 1. The van der Waals surface area contributed by atoms with Gasteiger partial charge in [-0.15, -0.1) is 0 Å². The summed E-state index contributed by atoms with van der Waals surface area (Å²) in [5.41, 5.74) is 2.93. The Morgan fingerprint density at radius 2 is 1.69 bits per heavy atom. The molecule has 1 heterocycles. The van der Waals surface area contributed by atoms with Gasteiger partial charge in [0.1, 0.15) is 5.60 Å². The molecular weight excluding hydrogens is 432 g/mol. The summed E-state index contributed by atoms with van der Waals surface area (Å²) in [6.45, 7) is 6.24. The molecule has 0 saturated carbocycles. The summed E-state index contributed by atoms with van der Waals surface area (Å²) in [6, 6.07) is 11.9. The summed E-state index contributed by atoms with van der Waals surface area (Å²) in [7, 11) is -2.27. The zero-order chi connectivity index (χ0) is 23.5. The van der Waals surface area contributed by atoms with Gasteiger partial charge in [-0.25, -0.2) is 18.0 Å². The minimum Gasteiger partial charge on any atom is -0.465 e. The molecule has 2 aromatic carbocycles. The largest absolute Gasteiger partial charge is 0.465 e. The van der Waals surface area contributed by atoms with Crippen molar-refractivity contribution in [3.05, 3.63) is 64.7 Å². The van der Waals surface area contributed by atoms with Crippen molar-refractivity contribution < 1.29 is 27.5 Å². The summed E-state index contributed by atoms with van der Waals surface area (Å²) >= 11 is 0. The highest BCUT2D eigenvalue weighted by atomic mass is 32.2.